The van der Waals surface area contributed by atoms with Gasteiger partial charge in [-0.2, -0.15) is 5.10 Å². The number of pyridine rings is 1. The molecule has 0 fully saturated rings. The highest BCUT2D eigenvalue weighted by atomic mass is 79.9. The first-order valence-electron chi connectivity index (χ1n) is 5.10. The topological polar surface area (TPSA) is 56.7 Å². The summed E-state index contributed by atoms with van der Waals surface area (Å²) in [4.78, 5) is 4.33. The van der Waals surface area contributed by atoms with Gasteiger partial charge in [-0.25, -0.2) is 0 Å². The van der Waals surface area contributed by atoms with Crippen LogP contribution in [0.25, 0.3) is 0 Å². The molecule has 0 saturated carbocycles. The quantitative estimate of drug-likeness (QED) is 0.916. The average Bonchev–Trinajstić information content (AvgIpc) is 2.63. The highest BCUT2D eigenvalue weighted by molar-refractivity contribution is 9.11. The van der Waals surface area contributed by atoms with Crippen molar-refractivity contribution in [1.82, 2.24) is 14.8 Å². The van der Waals surface area contributed by atoms with Crippen molar-refractivity contribution in [3.05, 3.63) is 44.9 Å². The summed E-state index contributed by atoms with van der Waals surface area (Å²) in [7, 11) is 1.89. The molecule has 2 aromatic heterocycles. The lowest BCUT2D eigenvalue weighted by molar-refractivity contribution is 0.690. The summed E-state index contributed by atoms with van der Waals surface area (Å²) in [5, 5.41) is 4.12. The van der Waals surface area contributed by atoms with Crippen LogP contribution in [0, 0.1) is 0 Å². The van der Waals surface area contributed by atoms with Gasteiger partial charge in [0.15, 0.2) is 0 Å². The lowest BCUT2D eigenvalue weighted by Crippen LogP contribution is -2.15. The van der Waals surface area contributed by atoms with Gasteiger partial charge in [-0.15, -0.1) is 0 Å². The monoisotopic (exact) mass is 358 g/mol. The van der Waals surface area contributed by atoms with Crippen molar-refractivity contribution in [1.29, 1.82) is 0 Å². The fourth-order valence-electron chi connectivity index (χ4n) is 1.63. The van der Waals surface area contributed by atoms with Gasteiger partial charge in [-0.3, -0.25) is 9.67 Å². The van der Waals surface area contributed by atoms with E-state index in [0.29, 0.717) is 0 Å². The average molecular weight is 360 g/mol. The second-order valence-electron chi connectivity index (χ2n) is 3.85. The third-order valence-electron chi connectivity index (χ3n) is 2.40. The van der Waals surface area contributed by atoms with Gasteiger partial charge in [0, 0.05) is 28.4 Å². The highest BCUT2D eigenvalue weighted by Gasteiger charge is 2.13. The molecule has 0 saturated heterocycles. The molecular weight excluding hydrogens is 348 g/mol. The maximum atomic E-state index is 6.14. The van der Waals surface area contributed by atoms with Gasteiger partial charge in [0.2, 0.25) is 0 Å². The highest BCUT2D eigenvalue weighted by Crippen LogP contribution is 2.25. The molecule has 2 rings (SSSR count). The van der Waals surface area contributed by atoms with E-state index in [-0.39, 0.29) is 6.04 Å². The second kappa shape index (κ2) is 5.29. The van der Waals surface area contributed by atoms with Gasteiger partial charge < -0.3 is 5.73 Å². The van der Waals surface area contributed by atoms with Crippen molar-refractivity contribution >= 4 is 31.9 Å². The van der Waals surface area contributed by atoms with E-state index in [2.05, 4.69) is 41.9 Å². The molecule has 2 heterocycles. The summed E-state index contributed by atoms with van der Waals surface area (Å²) in [6.45, 7) is 0. The van der Waals surface area contributed by atoms with Crippen LogP contribution in [-0.4, -0.2) is 14.8 Å². The Balaban J connectivity index is 2.17. The predicted octanol–water partition coefficient (Wildman–Crippen LogP) is 2.58. The van der Waals surface area contributed by atoms with Crippen LogP contribution >= 0.6 is 31.9 Å². The van der Waals surface area contributed by atoms with E-state index in [0.717, 1.165) is 26.6 Å². The van der Waals surface area contributed by atoms with E-state index < -0.39 is 0 Å². The predicted molar refractivity (Wildman–Crippen MR) is 73.5 cm³/mol. The number of aryl methyl sites for hydroxylation is 1. The summed E-state index contributed by atoms with van der Waals surface area (Å²) >= 11 is 6.84. The minimum Gasteiger partial charge on any atom is -0.322 e. The number of hydrogen-bond donors (Lipinski definition) is 1. The van der Waals surface area contributed by atoms with Crippen molar-refractivity contribution < 1.29 is 0 Å². The fraction of sp³-hybridized carbons (Fsp3) is 0.273. The zero-order valence-electron chi connectivity index (χ0n) is 9.27. The van der Waals surface area contributed by atoms with Crippen LogP contribution in [0.15, 0.2) is 33.6 Å². The van der Waals surface area contributed by atoms with Crippen LogP contribution in [0.1, 0.15) is 17.3 Å². The molecule has 0 aliphatic heterocycles. The molecule has 1 unspecified atom stereocenters. The number of rotatable bonds is 3. The molecule has 0 bridgehead atoms. The van der Waals surface area contributed by atoms with Gasteiger partial charge in [0.25, 0.3) is 0 Å². The smallest absolute Gasteiger partial charge is 0.0716 e. The number of nitrogens with two attached hydrogens (primary N) is 1. The fourth-order valence-corrected chi connectivity index (χ4v) is 2.91. The molecule has 4 nitrogen and oxygen atoms in total. The molecule has 17 heavy (non-hydrogen) atoms. The van der Waals surface area contributed by atoms with E-state index in [9.17, 15) is 0 Å². The van der Waals surface area contributed by atoms with Gasteiger partial charge in [-0.05, 0) is 49.9 Å². The Bertz CT molecular complexity index is 524. The zero-order valence-corrected chi connectivity index (χ0v) is 12.4. The minimum absolute atomic E-state index is 0.137. The van der Waals surface area contributed by atoms with E-state index in [1.54, 1.807) is 10.9 Å². The second-order valence-corrected chi connectivity index (χ2v) is 5.62. The largest absolute Gasteiger partial charge is 0.322 e. The molecule has 0 amide bonds. The zero-order chi connectivity index (χ0) is 12.4. The number of nitrogens with zero attached hydrogens (tertiary/aromatic N) is 3. The Morgan fingerprint density at radius 2 is 2.18 bits per heavy atom. The maximum Gasteiger partial charge on any atom is 0.0716 e. The Kier molecular flexibility index (Phi) is 3.96. The molecule has 1 atom stereocenters. The van der Waals surface area contributed by atoms with Crippen LogP contribution in [0.3, 0.4) is 0 Å². The Hall–Kier alpha value is -0.720. The Labute approximate surface area is 116 Å². The van der Waals surface area contributed by atoms with Gasteiger partial charge in [-0.1, -0.05) is 0 Å². The molecule has 2 aromatic rings. The van der Waals surface area contributed by atoms with E-state index in [1.807, 2.05) is 25.5 Å². The summed E-state index contributed by atoms with van der Waals surface area (Å²) in [6, 6.07) is 1.81. The Morgan fingerprint density at radius 1 is 1.41 bits per heavy atom. The molecule has 90 valence electrons. The normalized spacial score (nSPS) is 12.7. The molecule has 0 aliphatic rings. The van der Waals surface area contributed by atoms with E-state index >= 15 is 0 Å². The number of aromatic nitrogens is 3. The molecule has 0 radical (unpaired) electrons. The summed E-state index contributed by atoms with van der Waals surface area (Å²) < 4.78 is 3.62. The van der Waals surface area contributed by atoms with Gasteiger partial charge in [0.1, 0.15) is 0 Å². The number of halogens is 2. The molecule has 0 aromatic carbocycles. The first-order valence-corrected chi connectivity index (χ1v) is 6.69. The van der Waals surface area contributed by atoms with E-state index in [1.165, 1.54) is 0 Å². The molecule has 0 aliphatic carbocycles. The maximum absolute atomic E-state index is 6.14. The standard InChI is InChI=1S/C11H12Br2N4/c1-17-6-7(4-16-17)2-10(14)11-9(13)3-8(12)5-15-11/h3-6,10H,2,14H2,1H3. The van der Waals surface area contributed by atoms with Crippen LogP contribution in [0.2, 0.25) is 0 Å². The van der Waals surface area contributed by atoms with Crippen molar-refractivity contribution in [3.8, 4) is 0 Å². The summed E-state index contributed by atoms with van der Waals surface area (Å²) in [5.74, 6) is 0. The molecule has 0 spiro atoms. The SMILES string of the molecule is Cn1cc(CC(N)c2ncc(Br)cc2Br)cn1. The minimum atomic E-state index is -0.137. The summed E-state index contributed by atoms with van der Waals surface area (Å²) in [6.07, 6.45) is 6.27. The molecular formula is C11H12Br2N4. The van der Waals surface area contributed by atoms with Crippen molar-refractivity contribution in [2.24, 2.45) is 12.8 Å². The number of hydrogen-bond acceptors (Lipinski definition) is 3. The van der Waals surface area contributed by atoms with Crippen LogP contribution < -0.4 is 5.73 Å². The van der Waals surface area contributed by atoms with Crippen LogP contribution in [0.5, 0.6) is 0 Å². The first-order chi connectivity index (χ1) is 8.06. The van der Waals surface area contributed by atoms with Gasteiger partial charge in [0.05, 0.1) is 17.9 Å². The van der Waals surface area contributed by atoms with Crippen LogP contribution in [-0.2, 0) is 13.5 Å². The third kappa shape index (κ3) is 3.14. The van der Waals surface area contributed by atoms with Gasteiger partial charge >= 0.3 is 0 Å². The van der Waals surface area contributed by atoms with E-state index in [4.69, 9.17) is 5.73 Å². The van der Waals surface area contributed by atoms with Crippen molar-refractivity contribution in [3.63, 3.8) is 0 Å². The third-order valence-corrected chi connectivity index (χ3v) is 3.47. The first kappa shape index (κ1) is 12.7. The molecule has 6 heteroatoms. The lowest BCUT2D eigenvalue weighted by Gasteiger charge is -2.11. The van der Waals surface area contributed by atoms with Crippen molar-refractivity contribution in [2.45, 2.75) is 12.5 Å². The van der Waals surface area contributed by atoms with Crippen molar-refractivity contribution in [2.75, 3.05) is 0 Å². The summed E-state index contributed by atoms with van der Waals surface area (Å²) in [5.41, 5.74) is 8.11. The van der Waals surface area contributed by atoms with Crippen LogP contribution in [0.4, 0.5) is 0 Å². The molecule has 2 N–H and O–H groups in total. The Morgan fingerprint density at radius 3 is 2.76 bits per heavy atom. The lowest BCUT2D eigenvalue weighted by atomic mass is 10.1.